The molecule has 0 unspecified atom stereocenters. The van der Waals surface area contributed by atoms with Gasteiger partial charge in [-0.2, -0.15) is 0 Å². The van der Waals surface area contributed by atoms with Gasteiger partial charge in [-0.05, 0) is 59.7 Å². The predicted octanol–water partition coefficient (Wildman–Crippen LogP) is 4.50. The SMILES string of the molecule is C#CC(=O)N1[C@@H](CCCC)Cc2cc(OC)ccc2[C@H]1c1ccc(F)cc1. The zero-order chi connectivity index (χ0) is 19.4. The number of nitrogens with zero attached hydrogens (tertiary/aromatic N) is 1. The van der Waals surface area contributed by atoms with E-state index in [4.69, 9.17) is 11.2 Å². The third-order valence-corrected chi connectivity index (χ3v) is 5.21. The van der Waals surface area contributed by atoms with E-state index in [9.17, 15) is 9.18 Å². The third kappa shape index (κ3) is 3.83. The van der Waals surface area contributed by atoms with Crippen molar-refractivity contribution in [2.75, 3.05) is 7.11 Å². The van der Waals surface area contributed by atoms with Crippen molar-refractivity contribution >= 4 is 5.91 Å². The molecule has 3 nitrogen and oxygen atoms in total. The lowest BCUT2D eigenvalue weighted by Crippen LogP contribution is -2.47. The van der Waals surface area contributed by atoms with Crippen molar-refractivity contribution < 1.29 is 13.9 Å². The maximum atomic E-state index is 13.5. The lowest BCUT2D eigenvalue weighted by molar-refractivity contribution is -0.130. The Bertz CT molecular complexity index is 854. The van der Waals surface area contributed by atoms with Crippen LogP contribution in [0.15, 0.2) is 42.5 Å². The van der Waals surface area contributed by atoms with Gasteiger partial charge in [-0.25, -0.2) is 4.39 Å². The number of unbranched alkanes of at least 4 members (excludes halogenated alkanes) is 1. The Hall–Kier alpha value is -2.80. The predicted molar refractivity (Wildman–Crippen MR) is 104 cm³/mol. The molecular formula is C23H24FNO2. The summed E-state index contributed by atoms with van der Waals surface area (Å²) in [5.74, 6) is 2.45. The second-order valence-electron chi connectivity index (χ2n) is 6.88. The van der Waals surface area contributed by atoms with E-state index in [2.05, 4.69) is 12.8 Å². The molecule has 2 atom stereocenters. The molecule has 1 aliphatic heterocycles. The van der Waals surface area contributed by atoms with Crippen LogP contribution in [0.2, 0.25) is 0 Å². The quantitative estimate of drug-likeness (QED) is 0.730. The van der Waals surface area contributed by atoms with Gasteiger partial charge in [0.05, 0.1) is 13.2 Å². The maximum Gasteiger partial charge on any atom is 0.299 e. The van der Waals surface area contributed by atoms with E-state index in [1.807, 2.05) is 18.2 Å². The largest absolute Gasteiger partial charge is 0.497 e. The molecule has 27 heavy (non-hydrogen) atoms. The fourth-order valence-electron chi connectivity index (χ4n) is 3.89. The van der Waals surface area contributed by atoms with E-state index in [0.717, 1.165) is 48.1 Å². The molecule has 140 valence electrons. The lowest BCUT2D eigenvalue weighted by atomic mass is 9.83. The number of methoxy groups -OCH3 is 1. The number of fused-ring (bicyclic) bond motifs is 1. The summed E-state index contributed by atoms with van der Waals surface area (Å²) in [6.07, 6.45) is 9.16. The molecule has 2 aromatic rings. The van der Waals surface area contributed by atoms with E-state index >= 15 is 0 Å². The van der Waals surface area contributed by atoms with Crippen LogP contribution in [0.5, 0.6) is 5.75 Å². The summed E-state index contributed by atoms with van der Waals surface area (Å²) in [4.78, 5) is 14.5. The van der Waals surface area contributed by atoms with Crippen molar-refractivity contribution in [3.8, 4) is 18.1 Å². The van der Waals surface area contributed by atoms with Crippen LogP contribution in [0.1, 0.15) is 48.9 Å². The minimum Gasteiger partial charge on any atom is -0.497 e. The number of amides is 1. The molecule has 0 aliphatic carbocycles. The Morgan fingerprint density at radius 1 is 1.30 bits per heavy atom. The Morgan fingerprint density at radius 3 is 2.67 bits per heavy atom. The molecule has 1 amide bonds. The van der Waals surface area contributed by atoms with Crippen LogP contribution in [-0.2, 0) is 11.2 Å². The van der Waals surface area contributed by atoms with Gasteiger partial charge in [-0.15, -0.1) is 6.42 Å². The van der Waals surface area contributed by atoms with Gasteiger partial charge < -0.3 is 9.64 Å². The molecule has 1 aliphatic rings. The number of hydrogen-bond donors (Lipinski definition) is 0. The number of ether oxygens (including phenoxy) is 1. The van der Waals surface area contributed by atoms with Crippen molar-refractivity contribution in [2.24, 2.45) is 0 Å². The molecule has 1 heterocycles. The maximum absolute atomic E-state index is 13.5. The molecule has 0 spiro atoms. The fraction of sp³-hybridized carbons (Fsp3) is 0.348. The van der Waals surface area contributed by atoms with Gasteiger partial charge in [0.15, 0.2) is 0 Å². The van der Waals surface area contributed by atoms with Crippen LogP contribution in [0.25, 0.3) is 0 Å². The molecule has 3 rings (SSSR count). The topological polar surface area (TPSA) is 29.5 Å². The molecule has 0 saturated heterocycles. The van der Waals surface area contributed by atoms with Crippen molar-refractivity contribution in [1.82, 2.24) is 4.90 Å². The van der Waals surface area contributed by atoms with Crippen LogP contribution in [0.4, 0.5) is 4.39 Å². The van der Waals surface area contributed by atoms with E-state index in [0.29, 0.717) is 0 Å². The van der Waals surface area contributed by atoms with E-state index < -0.39 is 0 Å². The van der Waals surface area contributed by atoms with Gasteiger partial charge in [0.2, 0.25) is 0 Å². The van der Waals surface area contributed by atoms with Crippen LogP contribution in [0.3, 0.4) is 0 Å². The minimum absolute atomic E-state index is 0.00293. The van der Waals surface area contributed by atoms with E-state index in [-0.39, 0.29) is 23.8 Å². The summed E-state index contributed by atoms with van der Waals surface area (Å²) in [5, 5.41) is 0. The number of terminal acetylenes is 1. The summed E-state index contributed by atoms with van der Waals surface area (Å²) in [7, 11) is 1.64. The molecule has 0 N–H and O–H groups in total. The average molecular weight is 365 g/mol. The first kappa shape index (κ1) is 19.0. The Kier molecular flexibility index (Phi) is 5.81. The summed E-state index contributed by atoms with van der Waals surface area (Å²) >= 11 is 0. The van der Waals surface area contributed by atoms with Gasteiger partial charge in [0.1, 0.15) is 11.6 Å². The zero-order valence-electron chi connectivity index (χ0n) is 15.7. The fourth-order valence-corrected chi connectivity index (χ4v) is 3.89. The highest BCUT2D eigenvalue weighted by atomic mass is 19.1. The Balaban J connectivity index is 2.15. The van der Waals surface area contributed by atoms with Crippen LogP contribution >= 0.6 is 0 Å². The Morgan fingerprint density at radius 2 is 2.04 bits per heavy atom. The molecule has 0 bridgehead atoms. The highest BCUT2D eigenvalue weighted by Gasteiger charge is 2.37. The molecule has 0 fully saturated rings. The first-order valence-electron chi connectivity index (χ1n) is 9.30. The van der Waals surface area contributed by atoms with Crippen molar-refractivity contribution in [1.29, 1.82) is 0 Å². The second-order valence-corrected chi connectivity index (χ2v) is 6.88. The monoisotopic (exact) mass is 365 g/mol. The van der Waals surface area contributed by atoms with Gasteiger partial charge in [0.25, 0.3) is 5.91 Å². The van der Waals surface area contributed by atoms with Crippen molar-refractivity contribution in [3.05, 3.63) is 65.0 Å². The minimum atomic E-state index is -0.328. The zero-order valence-corrected chi connectivity index (χ0v) is 15.7. The number of hydrogen-bond acceptors (Lipinski definition) is 2. The number of carbonyl (C=O) groups is 1. The summed E-state index contributed by atoms with van der Waals surface area (Å²) in [6.45, 7) is 2.13. The first-order chi connectivity index (χ1) is 13.1. The second kappa shape index (κ2) is 8.26. The van der Waals surface area contributed by atoms with Gasteiger partial charge in [-0.1, -0.05) is 38.0 Å². The average Bonchev–Trinajstić information content (AvgIpc) is 2.70. The van der Waals surface area contributed by atoms with Gasteiger partial charge in [0, 0.05) is 6.04 Å². The number of benzene rings is 2. The number of halogens is 1. The third-order valence-electron chi connectivity index (χ3n) is 5.21. The normalized spacial score (nSPS) is 18.5. The highest BCUT2D eigenvalue weighted by Crippen LogP contribution is 2.40. The van der Waals surface area contributed by atoms with E-state index in [1.54, 1.807) is 24.1 Å². The number of rotatable bonds is 5. The molecule has 0 saturated carbocycles. The van der Waals surface area contributed by atoms with Crippen molar-refractivity contribution in [2.45, 2.75) is 44.7 Å². The van der Waals surface area contributed by atoms with Crippen LogP contribution in [0, 0.1) is 18.2 Å². The summed E-state index contributed by atoms with van der Waals surface area (Å²) in [6, 6.07) is 11.9. The van der Waals surface area contributed by atoms with Crippen LogP contribution in [-0.4, -0.2) is 24.0 Å². The highest BCUT2D eigenvalue weighted by molar-refractivity contribution is 5.94. The van der Waals surface area contributed by atoms with Gasteiger partial charge >= 0.3 is 0 Å². The van der Waals surface area contributed by atoms with Crippen molar-refractivity contribution in [3.63, 3.8) is 0 Å². The number of carbonyl (C=O) groups excluding carboxylic acids is 1. The molecule has 0 aromatic heterocycles. The smallest absolute Gasteiger partial charge is 0.299 e. The summed E-state index contributed by atoms with van der Waals surface area (Å²) in [5.41, 5.74) is 3.01. The first-order valence-corrected chi connectivity index (χ1v) is 9.30. The van der Waals surface area contributed by atoms with Gasteiger partial charge in [-0.3, -0.25) is 4.79 Å². The molecule has 4 heteroatoms. The molecular weight excluding hydrogens is 341 g/mol. The molecule has 2 aromatic carbocycles. The van der Waals surface area contributed by atoms with Crippen LogP contribution < -0.4 is 4.74 Å². The molecule has 0 radical (unpaired) electrons. The Labute approximate surface area is 160 Å². The van der Waals surface area contributed by atoms with E-state index in [1.165, 1.54) is 12.1 Å². The lowest BCUT2D eigenvalue weighted by Gasteiger charge is -2.43. The summed E-state index contributed by atoms with van der Waals surface area (Å²) < 4.78 is 18.9. The standard InChI is InChI=1S/C23H24FNO2/c1-4-6-7-19-14-17-15-20(27-3)12-13-21(17)23(25(19)22(26)5-2)16-8-10-18(24)11-9-16/h2,8-13,15,19,23H,4,6-7,14H2,1,3H3/t19-,23+/m0/s1.